The van der Waals surface area contributed by atoms with Crippen molar-refractivity contribution in [1.29, 1.82) is 0 Å². The highest BCUT2D eigenvalue weighted by Gasteiger charge is 2.32. The van der Waals surface area contributed by atoms with E-state index in [1.165, 1.54) is 22.9 Å². The van der Waals surface area contributed by atoms with Crippen molar-refractivity contribution in [2.75, 3.05) is 13.1 Å². The summed E-state index contributed by atoms with van der Waals surface area (Å²) in [7, 11) is 0. The molecule has 0 spiro atoms. The summed E-state index contributed by atoms with van der Waals surface area (Å²) in [6.45, 7) is 6.70. The van der Waals surface area contributed by atoms with Gasteiger partial charge >= 0.3 is 0 Å². The molecule has 0 radical (unpaired) electrons. The van der Waals surface area contributed by atoms with Crippen LogP contribution in [0.1, 0.15) is 32.3 Å². The Balaban J connectivity index is 0.00000176. The fraction of sp³-hybridized carbons (Fsp3) is 0.588. The van der Waals surface area contributed by atoms with Crippen LogP contribution in [0.15, 0.2) is 33.7 Å². The van der Waals surface area contributed by atoms with E-state index in [0.717, 1.165) is 31.4 Å². The quantitative estimate of drug-likeness (QED) is 0.665. The molecule has 0 aliphatic carbocycles. The molecule has 1 aromatic rings. The van der Waals surface area contributed by atoms with Gasteiger partial charge < -0.3 is 10.2 Å². The number of fused-ring (bicyclic) bond motifs is 1. The Morgan fingerprint density at radius 1 is 1.36 bits per heavy atom. The second-order valence-corrected chi connectivity index (χ2v) is 7.35. The third kappa shape index (κ3) is 4.16. The molecule has 2 aliphatic heterocycles. The Hall–Kier alpha value is -0.300. The molecule has 3 atom stereocenters. The lowest BCUT2D eigenvalue weighted by Crippen LogP contribution is -2.50. The van der Waals surface area contributed by atoms with E-state index in [0.29, 0.717) is 12.1 Å². The van der Waals surface area contributed by atoms with Crippen molar-refractivity contribution in [3.05, 3.63) is 34.3 Å². The first-order valence-corrected chi connectivity index (χ1v) is 8.74. The molecule has 1 N–H and O–H groups in total. The summed E-state index contributed by atoms with van der Waals surface area (Å²) in [6, 6.07) is 9.48. The summed E-state index contributed by atoms with van der Waals surface area (Å²) < 4.78 is 1.19. The maximum Gasteiger partial charge on any atom is 0.194 e. The Kier molecular flexibility index (Phi) is 6.56. The first kappa shape index (κ1) is 18.0. The number of guanidine groups is 1. The zero-order valence-electron chi connectivity index (χ0n) is 13.3. The van der Waals surface area contributed by atoms with Gasteiger partial charge in [0.1, 0.15) is 0 Å². The average Bonchev–Trinajstić information content (AvgIpc) is 2.84. The molecule has 22 heavy (non-hydrogen) atoms. The van der Waals surface area contributed by atoms with Crippen LogP contribution in [0.2, 0.25) is 0 Å². The molecule has 1 aromatic carbocycles. The zero-order chi connectivity index (χ0) is 14.8. The number of aliphatic imine (C=N–C) groups is 1. The molecule has 0 saturated carbocycles. The van der Waals surface area contributed by atoms with Gasteiger partial charge in [-0.25, -0.2) is 0 Å². The smallest absolute Gasteiger partial charge is 0.194 e. The molecule has 122 valence electrons. The van der Waals surface area contributed by atoms with E-state index in [2.05, 4.69) is 64.3 Å². The van der Waals surface area contributed by atoms with Crippen molar-refractivity contribution in [3.63, 3.8) is 0 Å². The number of halogens is 2. The second-order valence-electron chi connectivity index (χ2n) is 6.49. The molecule has 0 bridgehead atoms. The van der Waals surface area contributed by atoms with Gasteiger partial charge in [-0.05, 0) is 43.7 Å². The lowest BCUT2D eigenvalue weighted by atomic mass is 9.95. The highest BCUT2D eigenvalue weighted by atomic mass is 127. The Labute approximate surface area is 159 Å². The molecule has 1 saturated heterocycles. The Morgan fingerprint density at radius 3 is 2.91 bits per heavy atom. The van der Waals surface area contributed by atoms with Crippen molar-refractivity contribution >= 4 is 45.9 Å². The minimum absolute atomic E-state index is 0. The van der Waals surface area contributed by atoms with Crippen LogP contribution in [0, 0.1) is 5.92 Å². The van der Waals surface area contributed by atoms with Gasteiger partial charge in [-0.1, -0.05) is 41.1 Å². The van der Waals surface area contributed by atoms with Crippen LogP contribution in [0.4, 0.5) is 0 Å². The molecule has 3 unspecified atom stereocenters. The number of hydrogen-bond acceptors (Lipinski definition) is 3. The molecule has 1 fully saturated rings. The maximum atomic E-state index is 4.74. The predicted molar refractivity (Wildman–Crippen MR) is 107 cm³/mol. The molecule has 2 heterocycles. The van der Waals surface area contributed by atoms with Crippen LogP contribution in [0.3, 0.4) is 0 Å². The van der Waals surface area contributed by atoms with E-state index in [1.54, 1.807) is 0 Å². The largest absolute Gasteiger partial charge is 0.353 e. The lowest BCUT2D eigenvalue weighted by molar-refractivity contribution is 0.210. The highest BCUT2D eigenvalue weighted by molar-refractivity contribution is 14.0. The number of hydrogen-bond donors (Lipinski definition) is 1. The third-order valence-corrected chi connectivity index (χ3v) is 5.30. The normalized spacial score (nSPS) is 25.0. The van der Waals surface area contributed by atoms with Gasteiger partial charge in [0.2, 0.25) is 0 Å². The van der Waals surface area contributed by atoms with Gasteiger partial charge in [-0.2, -0.15) is 0 Å². The van der Waals surface area contributed by atoms with Gasteiger partial charge in [0.05, 0.1) is 12.6 Å². The first-order chi connectivity index (χ1) is 10.1. The Bertz CT molecular complexity index is 534. The maximum absolute atomic E-state index is 4.74. The summed E-state index contributed by atoms with van der Waals surface area (Å²) in [6.07, 6.45) is 3.64. The number of benzene rings is 1. The summed E-state index contributed by atoms with van der Waals surface area (Å²) in [5.41, 5.74) is 1.35. The monoisotopic (exact) mass is 477 g/mol. The second kappa shape index (κ2) is 7.99. The fourth-order valence-electron chi connectivity index (χ4n) is 3.33. The van der Waals surface area contributed by atoms with Crippen LogP contribution in [0.25, 0.3) is 0 Å². The topological polar surface area (TPSA) is 27.6 Å². The van der Waals surface area contributed by atoms with Crippen molar-refractivity contribution in [2.24, 2.45) is 10.9 Å². The molecular weight excluding hydrogens is 453 g/mol. The molecule has 5 heteroatoms. The Morgan fingerprint density at radius 2 is 2.14 bits per heavy atom. The van der Waals surface area contributed by atoms with Crippen LogP contribution in [-0.4, -0.2) is 36.0 Å². The van der Waals surface area contributed by atoms with E-state index < -0.39 is 0 Å². The predicted octanol–water partition coefficient (Wildman–Crippen LogP) is 4.06. The van der Waals surface area contributed by atoms with E-state index in [9.17, 15) is 0 Å². The lowest BCUT2D eigenvalue weighted by Gasteiger charge is -2.36. The van der Waals surface area contributed by atoms with Crippen molar-refractivity contribution in [3.8, 4) is 0 Å². The van der Waals surface area contributed by atoms with E-state index in [-0.39, 0.29) is 24.0 Å². The summed E-state index contributed by atoms with van der Waals surface area (Å²) in [5.74, 6) is 1.90. The molecule has 2 aliphatic rings. The van der Waals surface area contributed by atoms with Gasteiger partial charge in [0, 0.05) is 17.1 Å². The number of nitrogens with one attached hydrogen (secondary N) is 1. The van der Waals surface area contributed by atoms with Crippen LogP contribution in [-0.2, 0) is 6.42 Å². The third-order valence-electron chi connectivity index (χ3n) is 4.53. The molecule has 0 amide bonds. The molecule has 3 rings (SSSR count). The van der Waals surface area contributed by atoms with Crippen molar-refractivity contribution < 1.29 is 0 Å². The van der Waals surface area contributed by atoms with Gasteiger partial charge in [-0.3, -0.25) is 4.99 Å². The van der Waals surface area contributed by atoms with E-state index in [4.69, 9.17) is 4.99 Å². The minimum atomic E-state index is 0. The van der Waals surface area contributed by atoms with Crippen molar-refractivity contribution in [2.45, 2.75) is 45.2 Å². The van der Waals surface area contributed by atoms with Crippen LogP contribution < -0.4 is 5.32 Å². The standard InChI is InChI=1S/C17H24BrN3.HI/c1-12-7-8-15-10-19-17(21(15)11-12)20-13(2)9-14-5-3-4-6-16(14)18;/h3-6,12-13,15H,7-11H2,1-2H3,(H,19,20);1H. The summed E-state index contributed by atoms with van der Waals surface area (Å²) in [4.78, 5) is 7.23. The van der Waals surface area contributed by atoms with Gasteiger partial charge in [-0.15, -0.1) is 24.0 Å². The van der Waals surface area contributed by atoms with E-state index >= 15 is 0 Å². The summed E-state index contributed by atoms with van der Waals surface area (Å²) in [5, 5.41) is 3.63. The highest BCUT2D eigenvalue weighted by Crippen LogP contribution is 2.25. The van der Waals surface area contributed by atoms with Gasteiger partial charge in [0.25, 0.3) is 0 Å². The number of rotatable bonds is 3. The minimum Gasteiger partial charge on any atom is -0.353 e. The van der Waals surface area contributed by atoms with E-state index in [1.807, 2.05) is 0 Å². The molecule has 3 nitrogen and oxygen atoms in total. The average molecular weight is 478 g/mol. The van der Waals surface area contributed by atoms with Gasteiger partial charge in [0.15, 0.2) is 5.96 Å². The number of nitrogens with zero attached hydrogens (tertiary/aromatic N) is 2. The fourth-order valence-corrected chi connectivity index (χ4v) is 3.78. The first-order valence-electron chi connectivity index (χ1n) is 7.94. The van der Waals surface area contributed by atoms with Crippen molar-refractivity contribution in [1.82, 2.24) is 10.2 Å². The van der Waals surface area contributed by atoms with Crippen LogP contribution in [0.5, 0.6) is 0 Å². The number of piperidine rings is 1. The molecular formula is C17H25BrIN3. The zero-order valence-corrected chi connectivity index (χ0v) is 17.2. The van der Waals surface area contributed by atoms with Crippen LogP contribution >= 0.6 is 39.9 Å². The molecule has 0 aromatic heterocycles. The summed E-state index contributed by atoms with van der Waals surface area (Å²) >= 11 is 3.63. The SMILES string of the molecule is CC1CCC2CN=C(NC(C)Cc3ccccc3Br)N2C1.I.